The third-order valence-corrected chi connectivity index (χ3v) is 4.64. The molecule has 1 aromatic heterocycles. The van der Waals surface area contributed by atoms with Crippen molar-refractivity contribution in [2.24, 2.45) is 11.1 Å². The van der Waals surface area contributed by atoms with E-state index in [-0.39, 0.29) is 11.5 Å². The zero-order chi connectivity index (χ0) is 12.3. The van der Waals surface area contributed by atoms with Gasteiger partial charge in [0.1, 0.15) is 0 Å². The summed E-state index contributed by atoms with van der Waals surface area (Å²) in [5.74, 6) is 0. The van der Waals surface area contributed by atoms with Gasteiger partial charge in [0, 0.05) is 33.9 Å². The highest BCUT2D eigenvalue weighted by Gasteiger charge is 2.24. The van der Waals surface area contributed by atoms with E-state index in [1.165, 1.54) is 9.35 Å². The van der Waals surface area contributed by atoms with Crippen LogP contribution in [0.2, 0.25) is 0 Å². The number of hydrogen-bond donors (Lipinski definition) is 1. The molecule has 0 radical (unpaired) electrons. The minimum absolute atomic E-state index is 0.156. The van der Waals surface area contributed by atoms with Crippen molar-refractivity contribution in [1.29, 1.82) is 0 Å². The first-order chi connectivity index (χ1) is 7.31. The van der Waals surface area contributed by atoms with Gasteiger partial charge in [0.15, 0.2) is 0 Å². The van der Waals surface area contributed by atoms with E-state index in [4.69, 9.17) is 5.73 Å². The molecule has 1 unspecified atom stereocenters. The minimum atomic E-state index is 0.156. The molecule has 0 aliphatic carbocycles. The first-order valence-corrected chi connectivity index (χ1v) is 7.15. The Hall–Kier alpha value is 0.1000. The van der Waals surface area contributed by atoms with E-state index in [0.29, 0.717) is 0 Å². The van der Waals surface area contributed by atoms with Gasteiger partial charge in [-0.1, -0.05) is 13.8 Å². The molecule has 0 fully saturated rings. The fourth-order valence-electron chi connectivity index (χ4n) is 1.60. The van der Waals surface area contributed by atoms with Gasteiger partial charge in [-0.15, -0.1) is 11.3 Å². The van der Waals surface area contributed by atoms with Crippen molar-refractivity contribution in [3.05, 3.63) is 20.8 Å². The van der Waals surface area contributed by atoms with Crippen LogP contribution in [0.25, 0.3) is 0 Å². The largest absolute Gasteiger partial charge is 0.327 e. The van der Waals surface area contributed by atoms with Gasteiger partial charge in [-0.3, -0.25) is 0 Å². The van der Waals surface area contributed by atoms with Crippen LogP contribution in [0.5, 0.6) is 0 Å². The van der Waals surface area contributed by atoms with Gasteiger partial charge in [0.05, 0.1) is 0 Å². The van der Waals surface area contributed by atoms with Gasteiger partial charge in [-0.05, 0) is 41.4 Å². The van der Waals surface area contributed by atoms with Crippen LogP contribution in [-0.2, 0) is 6.54 Å². The summed E-state index contributed by atoms with van der Waals surface area (Å²) in [4.78, 5) is 3.72. The molecule has 92 valence electrons. The second-order valence-electron chi connectivity index (χ2n) is 5.18. The summed E-state index contributed by atoms with van der Waals surface area (Å²) in [6.45, 7) is 8.53. The number of nitrogens with two attached hydrogens (primary N) is 1. The number of hydrogen-bond acceptors (Lipinski definition) is 3. The maximum absolute atomic E-state index is 5.98. The van der Waals surface area contributed by atoms with Crippen LogP contribution < -0.4 is 5.73 Å². The standard InChI is InChI=1S/C12H21BrN2S/c1-9(14)12(2,3)8-15(4)6-11-5-10(13)7-16-11/h5,7,9H,6,8,14H2,1-4H3. The number of thiophene rings is 1. The van der Waals surface area contributed by atoms with E-state index in [2.05, 4.69) is 60.1 Å². The van der Waals surface area contributed by atoms with E-state index >= 15 is 0 Å². The first-order valence-electron chi connectivity index (χ1n) is 5.48. The summed E-state index contributed by atoms with van der Waals surface area (Å²) in [5.41, 5.74) is 6.14. The van der Waals surface area contributed by atoms with E-state index in [0.717, 1.165) is 13.1 Å². The molecule has 0 aliphatic heterocycles. The molecular formula is C12H21BrN2S. The lowest BCUT2D eigenvalue weighted by molar-refractivity contribution is 0.179. The predicted octanol–water partition coefficient (Wildman–Crippen LogP) is 3.32. The van der Waals surface area contributed by atoms with Gasteiger partial charge < -0.3 is 10.6 Å². The lowest BCUT2D eigenvalue weighted by Gasteiger charge is -2.33. The molecule has 16 heavy (non-hydrogen) atoms. The number of rotatable bonds is 5. The van der Waals surface area contributed by atoms with E-state index in [1.807, 2.05) is 0 Å². The third-order valence-electron chi connectivity index (χ3n) is 2.96. The monoisotopic (exact) mass is 304 g/mol. The molecule has 0 saturated carbocycles. The number of nitrogens with zero attached hydrogens (tertiary/aromatic N) is 1. The van der Waals surface area contributed by atoms with Crippen LogP contribution >= 0.6 is 27.3 Å². The van der Waals surface area contributed by atoms with Crippen LogP contribution in [0.1, 0.15) is 25.6 Å². The van der Waals surface area contributed by atoms with Crippen LogP contribution in [-0.4, -0.2) is 24.5 Å². The van der Waals surface area contributed by atoms with Gasteiger partial charge in [-0.25, -0.2) is 0 Å². The summed E-state index contributed by atoms with van der Waals surface area (Å²) in [7, 11) is 2.15. The van der Waals surface area contributed by atoms with E-state index in [9.17, 15) is 0 Å². The fourth-order valence-corrected chi connectivity index (χ4v) is 3.13. The molecule has 1 heterocycles. The van der Waals surface area contributed by atoms with Crippen molar-refractivity contribution in [1.82, 2.24) is 4.90 Å². The molecule has 4 heteroatoms. The zero-order valence-corrected chi connectivity index (χ0v) is 12.9. The molecule has 0 aromatic carbocycles. The van der Waals surface area contributed by atoms with Gasteiger partial charge >= 0.3 is 0 Å². The molecule has 0 bridgehead atoms. The topological polar surface area (TPSA) is 29.3 Å². The summed E-state index contributed by atoms with van der Waals surface area (Å²) in [6, 6.07) is 2.39. The maximum Gasteiger partial charge on any atom is 0.0325 e. The van der Waals surface area contributed by atoms with Crippen molar-refractivity contribution in [2.75, 3.05) is 13.6 Å². The van der Waals surface area contributed by atoms with Crippen molar-refractivity contribution >= 4 is 27.3 Å². The first kappa shape index (κ1) is 14.2. The molecular weight excluding hydrogens is 284 g/mol. The SMILES string of the molecule is CC(N)C(C)(C)CN(C)Cc1cc(Br)cs1. The van der Waals surface area contributed by atoms with Crippen molar-refractivity contribution in [3.8, 4) is 0 Å². The van der Waals surface area contributed by atoms with E-state index < -0.39 is 0 Å². The molecule has 0 amide bonds. The summed E-state index contributed by atoms with van der Waals surface area (Å²) in [5, 5.41) is 2.12. The molecule has 1 rings (SSSR count). The highest BCUT2D eigenvalue weighted by Crippen LogP contribution is 2.24. The molecule has 0 aliphatic rings. The van der Waals surface area contributed by atoms with Crippen molar-refractivity contribution in [2.45, 2.75) is 33.4 Å². The zero-order valence-electron chi connectivity index (χ0n) is 10.5. The van der Waals surface area contributed by atoms with Crippen molar-refractivity contribution in [3.63, 3.8) is 0 Å². The normalized spacial score (nSPS) is 14.4. The Labute approximate surface area is 111 Å². The Bertz CT molecular complexity index is 334. The molecule has 1 aromatic rings. The Morgan fingerprint density at radius 1 is 1.56 bits per heavy atom. The minimum Gasteiger partial charge on any atom is -0.327 e. The second kappa shape index (κ2) is 5.63. The Kier molecular flexibility index (Phi) is 4.98. The summed E-state index contributed by atoms with van der Waals surface area (Å²) in [6.07, 6.45) is 0. The quantitative estimate of drug-likeness (QED) is 0.904. The second-order valence-corrected chi connectivity index (χ2v) is 7.09. The van der Waals surface area contributed by atoms with Crippen LogP contribution in [0.3, 0.4) is 0 Å². The highest BCUT2D eigenvalue weighted by atomic mass is 79.9. The maximum atomic E-state index is 5.98. The van der Waals surface area contributed by atoms with Crippen LogP contribution in [0, 0.1) is 5.41 Å². The highest BCUT2D eigenvalue weighted by molar-refractivity contribution is 9.10. The Morgan fingerprint density at radius 2 is 2.19 bits per heavy atom. The molecule has 2 N–H and O–H groups in total. The smallest absolute Gasteiger partial charge is 0.0325 e. The van der Waals surface area contributed by atoms with Gasteiger partial charge in [-0.2, -0.15) is 0 Å². The lowest BCUT2D eigenvalue weighted by atomic mass is 9.85. The average Bonchev–Trinajstić information content (AvgIpc) is 2.49. The third kappa shape index (κ3) is 4.17. The number of halogens is 1. The molecule has 2 nitrogen and oxygen atoms in total. The predicted molar refractivity (Wildman–Crippen MR) is 75.8 cm³/mol. The van der Waals surface area contributed by atoms with Crippen LogP contribution in [0.15, 0.2) is 15.9 Å². The Balaban J connectivity index is 2.50. The van der Waals surface area contributed by atoms with Crippen LogP contribution in [0.4, 0.5) is 0 Å². The average molecular weight is 305 g/mol. The molecule has 0 spiro atoms. The molecule has 1 atom stereocenters. The van der Waals surface area contributed by atoms with Gasteiger partial charge in [0.25, 0.3) is 0 Å². The van der Waals surface area contributed by atoms with Crippen molar-refractivity contribution < 1.29 is 0 Å². The lowest BCUT2D eigenvalue weighted by Crippen LogP contribution is -2.42. The van der Waals surface area contributed by atoms with E-state index in [1.54, 1.807) is 11.3 Å². The molecule has 0 saturated heterocycles. The van der Waals surface area contributed by atoms with Gasteiger partial charge in [0.2, 0.25) is 0 Å². The Morgan fingerprint density at radius 3 is 2.62 bits per heavy atom. The fraction of sp³-hybridized carbons (Fsp3) is 0.667. The summed E-state index contributed by atoms with van der Waals surface area (Å²) >= 11 is 5.27. The summed E-state index contributed by atoms with van der Waals surface area (Å²) < 4.78 is 1.17.